The lowest BCUT2D eigenvalue weighted by Gasteiger charge is -2.37. The van der Waals surface area contributed by atoms with E-state index < -0.39 is 0 Å². The molecule has 0 amide bonds. The molecule has 2 aliphatic rings. The van der Waals surface area contributed by atoms with Crippen molar-refractivity contribution in [1.82, 2.24) is 4.90 Å². The first-order chi connectivity index (χ1) is 10.6. The molecule has 22 heavy (non-hydrogen) atoms. The van der Waals surface area contributed by atoms with Gasteiger partial charge in [-0.15, -0.1) is 0 Å². The Kier molecular flexibility index (Phi) is 4.97. The van der Waals surface area contributed by atoms with E-state index in [1.165, 1.54) is 43.7 Å². The second kappa shape index (κ2) is 6.95. The SMILES string of the molecule is C=C(C)[C@@H](C1CCCCC1)N1CC[C@@H](c2cccc(F)c2)C1. The van der Waals surface area contributed by atoms with Crippen LogP contribution in [-0.2, 0) is 0 Å². The minimum absolute atomic E-state index is 0.111. The van der Waals surface area contributed by atoms with E-state index in [1.807, 2.05) is 6.07 Å². The van der Waals surface area contributed by atoms with Crippen molar-refractivity contribution in [3.63, 3.8) is 0 Å². The third kappa shape index (κ3) is 3.43. The topological polar surface area (TPSA) is 3.24 Å². The number of hydrogen-bond donors (Lipinski definition) is 0. The Morgan fingerprint density at radius 1 is 1.23 bits per heavy atom. The molecule has 1 saturated heterocycles. The highest BCUT2D eigenvalue weighted by molar-refractivity contribution is 5.23. The van der Waals surface area contributed by atoms with Gasteiger partial charge in [0.1, 0.15) is 5.82 Å². The molecule has 2 heteroatoms. The molecule has 0 unspecified atom stereocenters. The Morgan fingerprint density at radius 3 is 2.68 bits per heavy atom. The van der Waals surface area contributed by atoms with Crippen LogP contribution in [0.4, 0.5) is 4.39 Å². The molecule has 1 aromatic rings. The molecule has 1 heterocycles. The predicted octanol–water partition coefficient (Wildman–Crippen LogP) is 5.14. The Morgan fingerprint density at radius 2 is 2.00 bits per heavy atom. The molecule has 3 rings (SSSR count). The molecule has 0 bridgehead atoms. The smallest absolute Gasteiger partial charge is 0.123 e. The van der Waals surface area contributed by atoms with Crippen molar-refractivity contribution < 1.29 is 4.39 Å². The number of halogens is 1. The molecular formula is C20H28FN. The van der Waals surface area contributed by atoms with Crippen LogP contribution in [0.15, 0.2) is 36.4 Å². The molecule has 1 aliphatic carbocycles. The number of nitrogens with zero attached hydrogens (tertiary/aromatic N) is 1. The molecule has 1 aromatic carbocycles. The van der Waals surface area contributed by atoms with Gasteiger partial charge < -0.3 is 0 Å². The highest BCUT2D eigenvalue weighted by Crippen LogP contribution is 2.36. The van der Waals surface area contributed by atoms with Gasteiger partial charge in [-0.3, -0.25) is 4.90 Å². The van der Waals surface area contributed by atoms with Crippen LogP contribution in [0.25, 0.3) is 0 Å². The molecule has 1 aliphatic heterocycles. The number of benzene rings is 1. The summed E-state index contributed by atoms with van der Waals surface area (Å²) in [4.78, 5) is 2.62. The third-order valence-electron chi connectivity index (χ3n) is 5.53. The van der Waals surface area contributed by atoms with E-state index in [-0.39, 0.29) is 5.82 Å². The van der Waals surface area contributed by atoms with E-state index in [2.05, 4.69) is 24.5 Å². The zero-order chi connectivity index (χ0) is 15.5. The summed E-state index contributed by atoms with van der Waals surface area (Å²) in [6, 6.07) is 7.69. The van der Waals surface area contributed by atoms with E-state index in [1.54, 1.807) is 6.07 Å². The van der Waals surface area contributed by atoms with Gasteiger partial charge in [0.15, 0.2) is 0 Å². The average Bonchev–Trinajstić information content (AvgIpc) is 2.98. The fourth-order valence-corrected chi connectivity index (χ4v) is 4.53. The summed E-state index contributed by atoms with van der Waals surface area (Å²) in [5.74, 6) is 1.14. The second-order valence-corrected chi connectivity index (χ2v) is 7.22. The van der Waals surface area contributed by atoms with Crippen molar-refractivity contribution >= 4 is 0 Å². The molecule has 2 atom stereocenters. The van der Waals surface area contributed by atoms with E-state index in [4.69, 9.17) is 0 Å². The molecule has 0 radical (unpaired) electrons. The molecule has 120 valence electrons. The molecule has 2 fully saturated rings. The van der Waals surface area contributed by atoms with Crippen LogP contribution in [0.3, 0.4) is 0 Å². The third-order valence-corrected chi connectivity index (χ3v) is 5.53. The van der Waals surface area contributed by atoms with Crippen LogP contribution in [0.2, 0.25) is 0 Å². The lowest BCUT2D eigenvalue weighted by molar-refractivity contribution is 0.168. The molecular weight excluding hydrogens is 273 g/mol. The van der Waals surface area contributed by atoms with Crippen LogP contribution in [-0.4, -0.2) is 24.0 Å². The lowest BCUT2D eigenvalue weighted by atomic mass is 9.81. The second-order valence-electron chi connectivity index (χ2n) is 7.22. The van der Waals surface area contributed by atoms with Crippen LogP contribution in [0.5, 0.6) is 0 Å². The van der Waals surface area contributed by atoms with Gasteiger partial charge in [-0.2, -0.15) is 0 Å². The number of likely N-dealkylation sites (tertiary alicyclic amines) is 1. The van der Waals surface area contributed by atoms with Crippen molar-refractivity contribution in [2.75, 3.05) is 13.1 Å². The number of hydrogen-bond acceptors (Lipinski definition) is 1. The Labute approximate surface area is 134 Å². The van der Waals surface area contributed by atoms with E-state index in [0.717, 1.165) is 31.0 Å². The fourth-order valence-electron chi connectivity index (χ4n) is 4.53. The van der Waals surface area contributed by atoms with Gasteiger partial charge in [-0.25, -0.2) is 4.39 Å². The summed E-state index contributed by atoms with van der Waals surface area (Å²) in [5, 5.41) is 0. The van der Waals surface area contributed by atoms with Gasteiger partial charge in [-0.1, -0.05) is 43.5 Å². The highest BCUT2D eigenvalue weighted by Gasteiger charge is 2.34. The van der Waals surface area contributed by atoms with Crippen LogP contribution < -0.4 is 0 Å². The van der Waals surface area contributed by atoms with Crippen LogP contribution in [0.1, 0.15) is 56.9 Å². The van der Waals surface area contributed by atoms with Crippen LogP contribution in [0, 0.1) is 11.7 Å². The average molecular weight is 301 g/mol. The summed E-state index contributed by atoms with van der Waals surface area (Å²) in [6.45, 7) is 8.65. The zero-order valence-electron chi connectivity index (χ0n) is 13.7. The van der Waals surface area contributed by atoms with Crippen molar-refractivity contribution in [3.8, 4) is 0 Å². The van der Waals surface area contributed by atoms with Gasteiger partial charge in [0.2, 0.25) is 0 Å². The summed E-state index contributed by atoms with van der Waals surface area (Å²) in [6.07, 6.45) is 7.97. The van der Waals surface area contributed by atoms with E-state index in [0.29, 0.717) is 12.0 Å². The maximum atomic E-state index is 13.5. The summed E-state index contributed by atoms with van der Waals surface area (Å²) < 4.78 is 13.5. The predicted molar refractivity (Wildman–Crippen MR) is 90.5 cm³/mol. The maximum absolute atomic E-state index is 13.5. The Bertz CT molecular complexity index is 518. The van der Waals surface area contributed by atoms with Crippen molar-refractivity contribution in [3.05, 3.63) is 47.8 Å². The first-order valence-corrected chi connectivity index (χ1v) is 8.80. The van der Waals surface area contributed by atoms with Crippen molar-refractivity contribution in [2.24, 2.45) is 5.92 Å². The highest BCUT2D eigenvalue weighted by atomic mass is 19.1. The molecule has 1 nitrogen and oxygen atoms in total. The normalized spacial score (nSPS) is 25.3. The summed E-state index contributed by atoms with van der Waals surface area (Å²) >= 11 is 0. The molecule has 1 saturated carbocycles. The fraction of sp³-hybridized carbons (Fsp3) is 0.600. The standard InChI is InChI=1S/C20H28FN/c1-15(2)20(16-7-4-3-5-8-16)22-12-11-18(14-22)17-9-6-10-19(21)13-17/h6,9-10,13,16,18,20H,1,3-5,7-8,11-12,14H2,2H3/t18-,20+/m1/s1. The lowest BCUT2D eigenvalue weighted by Crippen LogP contribution is -2.40. The van der Waals surface area contributed by atoms with Crippen LogP contribution >= 0.6 is 0 Å². The minimum Gasteiger partial charge on any atom is -0.296 e. The zero-order valence-corrected chi connectivity index (χ0v) is 13.7. The molecule has 0 spiro atoms. The largest absolute Gasteiger partial charge is 0.296 e. The van der Waals surface area contributed by atoms with Gasteiger partial charge >= 0.3 is 0 Å². The van der Waals surface area contributed by atoms with Gasteiger partial charge in [0, 0.05) is 12.6 Å². The molecule has 0 N–H and O–H groups in total. The monoisotopic (exact) mass is 301 g/mol. The van der Waals surface area contributed by atoms with E-state index in [9.17, 15) is 4.39 Å². The van der Waals surface area contributed by atoms with E-state index >= 15 is 0 Å². The molecule has 0 aromatic heterocycles. The number of rotatable bonds is 4. The first kappa shape index (κ1) is 15.7. The minimum atomic E-state index is -0.111. The first-order valence-electron chi connectivity index (χ1n) is 8.80. The van der Waals surface area contributed by atoms with Gasteiger partial charge in [-0.05, 0) is 62.3 Å². The quantitative estimate of drug-likeness (QED) is 0.696. The van der Waals surface area contributed by atoms with Crippen molar-refractivity contribution in [1.29, 1.82) is 0 Å². The summed E-state index contributed by atoms with van der Waals surface area (Å²) in [5.41, 5.74) is 2.47. The maximum Gasteiger partial charge on any atom is 0.123 e. The Hall–Kier alpha value is -1.15. The van der Waals surface area contributed by atoms with Gasteiger partial charge in [0.25, 0.3) is 0 Å². The Balaban J connectivity index is 1.70. The van der Waals surface area contributed by atoms with Crippen molar-refractivity contribution in [2.45, 2.75) is 57.4 Å². The van der Waals surface area contributed by atoms with Gasteiger partial charge in [0.05, 0.1) is 0 Å². The summed E-state index contributed by atoms with van der Waals surface area (Å²) in [7, 11) is 0.